The van der Waals surface area contributed by atoms with E-state index in [1.54, 1.807) is 0 Å². The molecule has 0 aliphatic carbocycles. The normalized spacial score (nSPS) is 14.1. The van der Waals surface area contributed by atoms with Crippen LogP contribution in [0.1, 0.15) is 38.0 Å². The summed E-state index contributed by atoms with van der Waals surface area (Å²) in [5.74, 6) is 0. The van der Waals surface area contributed by atoms with Gasteiger partial charge in [-0.15, -0.1) is 0 Å². The Hall–Kier alpha value is -0.530. The van der Waals surface area contributed by atoms with Crippen LogP contribution in [-0.2, 0) is 0 Å². The quantitative estimate of drug-likeness (QED) is 0.752. The Kier molecular flexibility index (Phi) is 3.23. The van der Waals surface area contributed by atoms with E-state index in [-0.39, 0.29) is 5.41 Å². The fourth-order valence-electron chi connectivity index (χ4n) is 1.37. The lowest BCUT2D eigenvalue weighted by atomic mass is 9.83. The van der Waals surface area contributed by atoms with Gasteiger partial charge in [0.25, 0.3) is 0 Å². The first kappa shape index (κ1) is 11.5. The maximum atomic E-state index is 10.1. The van der Waals surface area contributed by atoms with Crippen LogP contribution in [0.25, 0.3) is 0 Å². The number of hydrogen-bond acceptors (Lipinski definition) is 1. The van der Waals surface area contributed by atoms with Crippen LogP contribution in [0.15, 0.2) is 18.2 Å². The molecule has 1 aromatic carbocycles. The predicted molar refractivity (Wildman–Crippen MR) is 60.6 cm³/mol. The fraction of sp³-hybridized carbons (Fsp3) is 0.500. The highest BCUT2D eigenvalue weighted by molar-refractivity contribution is 6.30. The minimum absolute atomic E-state index is 0.157. The zero-order chi connectivity index (χ0) is 10.9. The summed E-state index contributed by atoms with van der Waals surface area (Å²) in [6.45, 7) is 8.02. The van der Waals surface area contributed by atoms with Gasteiger partial charge in [-0.25, -0.2) is 0 Å². The van der Waals surface area contributed by atoms with Gasteiger partial charge in [-0.2, -0.15) is 0 Å². The lowest BCUT2D eigenvalue weighted by Crippen LogP contribution is -2.18. The molecule has 0 fully saturated rings. The van der Waals surface area contributed by atoms with Gasteiger partial charge in [-0.05, 0) is 35.6 Å². The van der Waals surface area contributed by atoms with E-state index in [1.807, 2.05) is 45.9 Å². The van der Waals surface area contributed by atoms with Crippen molar-refractivity contribution in [3.63, 3.8) is 0 Å². The topological polar surface area (TPSA) is 20.2 Å². The number of hydrogen-bond donors (Lipinski definition) is 1. The maximum Gasteiger partial charge on any atom is 0.0841 e. The molecular formula is C12H17ClO. The third-order valence-electron chi connectivity index (χ3n) is 2.36. The molecule has 1 aromatic rings. The molecule has 1 unspecified atom stereocenters. The molecule has 2 heteroatoms. The van der Waals surface area contributed by atoms with Crippen LogP contribution in [0.5, 0.6) is 0 Å². The molecule has 1 atom stereocenters. The Morgan fingerprint density at radius 2 is 1.86 bits per heavy atom. The van der Waals surface area contributed by atoms with Crippen LogP contribution in [0.4, 0.5) is 0 Å². The van der Waals surface area contributed by atoms with Crippen LogP contribution >= 0.6 is 11.6 Å². The van der Waals surface area contributed by atoms with Crippen molar-refractivity contribution in [2.75, 3.05) is 0 Å². The summed E-state index contributed by atoms with van der Waals surface area (Å²) in [5.41, 5.74) is 1.84. The molecule has 0 saturated heterocycles. The van der Waals surface area contributed by atoms with Crippen molar-refractivity contribution in [2.45, 2.75) is 33.8 Å². The third-order valence-corrected chi connectivity index (χ3v) is 2.59. The SMILES string of the molecule is Cc1ccc(Cl)cc1C(O)C(C)(C)C. The third kappa shape index (κ3) is 2.49. The second-order valence-corrected chi connectivity index (χ2v) is 5.21. The lowest BCUT2D eigenvalue weighted by Gasteiger charge is -2.27. The first-order valence-corrected chi connectivity index (χ1v) is 5.14. The van der Waals surface area contributed by atoms with E-state index >= 15 is 0 Å². The number of benzene rings is 1. The molecule has 0 spiro atoms. The van der Waals surface area contributed by atoms with Gasteiger partial charge in [-0.1, -0.05) is 38.4 Å². The standard InChI is InChI=1S/C12H17ClO/c1-8-5-6-9(13)7-10(8)11(14)12(2,3)4/h5-7,11,14H,1-4H3. The van der Waals surface area contributed by atoms with Gasteiger partial charge in [-0.3, -0.25) is 0 Å². The van der Waals surface area contributed by atoms with Gasteiger partial charge in [0.05, 0.1) is 6.10 Å². The molecule has 0 saturated carbocycles. The summed E-state index contributed by atoms with van der Waals surface area (Å²) >= 11 is 5.90. The highest BCUT2D eigenvalue weighted by atomic mass is 35.5. The molecule has 1 N–H and O–H groups in total. The summed E-state index contributed by atoms with van der Waals surface area (Å²) in [7, 11) is 0. The number of aliphatic hydroxyl groups excluding tert-OH is 1. The molecule has 0 aliphatic rings. The average molecular weight is 213 g/mol. The van der Waals surface area contributed by atoms with Gasteiger partial charge in [0, 0.05) is 5.02 Å². The summed E-state index contributed by atoms with van der Waals surface area (Å²) < 4.78 is 0. The van der Waals surface area contributed by atoms with E-state index in [1.165, 1.54) is 0 Å². The molecule has 0 aromatic heterocycles. The molecule has 0 aliphatic heterocycles. The summed E-state index contributed by atoms with van der Waals surface area (Å²) in [5, 5.41) is 10.8. The summed E-state index contributed by atoms with van der Waals surface area (Å²) in [6.07, 6.45) is -0.471. The Morgan fingerprint density at radius 1 is 1.29 bits per heavy atom. The van der Waals surface area contributed by atoms with E-state index in [4.69, 9.17) is 11.6 Å². The van der Waals surface area contributed by atoms with Crippen LogP contribution < -0.4 is 0 Å². The maximum absolute atomic E-state index is 10.1. The summed E-state index contributed by atoms with van der Waals surface area (Å²) in [6, 6.07) is 5.62. The molecule has 0 radical (unpaired) electrons. The van der Waals surface area contributed by atoms with Crippen molar-refractivity contribution in [3.05, 3.63) is 34.3 Å². The smallest absolute Gasteiger partial charge is 0.0841 e. The van der Waals surface area contributed by atoms with Crippen molar-refractivity contribution >= 4 is 11.6 Å². The number of halogens is 1. The molecule has 0 amide bonds. The Balaban J connectivity index is 3.12. The van der Waals surface area contributed by atoms with Crippen molar-refractivity contribution in [1.82, 2.24) is 0 Å². The van der Waals surface area contributed by atoms with Crippen molar-refractivity contribution < 1.29 is 5.11 Å². The van der Waals surface area contributed by atoms with Gasteiger partial charge in [0.2, 0.25) is 0 Å². The zero-order valence-electron chi connectivity index (χ0n) is 9.13. The molecule has 14 heavy (non-hydrogen) atoms. The van der Waals surface area contributed by atoms with E-state index in [0.717, 1.165) is 11.1 Å². The van der Waals surface area contributed by atoms with Gasteiger partial charge < -0.3 is 5.11 Å². The zero-order valence-corrected chi connectivity index (χ0v) is 9.89. The number of aryl methyl sites for hydroxylation is 1. The number of aliphatic hydroxyl groups is 1. The largest absolute Gasteiger partial charge is 0.388 e. The van der Waals surface area contributed by atoms with Gasteiger partial charge >= 0.3 is 0 Å². The van der Waals surface area contributed by atoms with Gasteiger partial charge in [0.1, 0.15) is 0 Å². The Bertz CT molecular complexity index is 326. The predicted octanol–water partition coefficient (Wildman–Crippen LogP) is 3.73. The molecule has 0 heterocycles. The first-order valence-electron chi connectivity index (χ1n) is 4.76. The highest BCUT2D eigenvalue weighted by Crippen LogP contribution is 2.35. The van der Waals surface area contributed by atoms with Crippen LogP contribution in [-0.4, -0.2) is 5.11 Å². The van der Waals surface area contributed by atoms with E-state index in [0.29, 0.717) is 5.02 Å². The Labute approximate surface area is 90.7 Å². The molecular weight excluding hydrogens is 196 g/mol. The highest BCUT2D eigenvalue weighted by Gasteiger charge is 2.25. The average Bonchev–Trinajstić information content (AvgIpc) is 2.06. The lowest BCUT2D eigenvalue weighted by molar-refractivity contribution is 0.0621. The van der Waals surface area contributed by atoms with Gasteiger partial charge in [0.15, 0.2) is 0 Å². The number of rotatable bonds is 1. The van der Waals surface area contributed by atoms with Crippen molar-refractivity contribution in [3.8, 4) is 0 Å². The summed E-state index contributed by atoms with van der Waals surface area (Å²) in [4.78, 5) is 0. The van der Waals surface area contributed by atoms with E-state index in [2.05, 4.69) is 0 Å². The minimum atomic E-state index is -0.471. The van der Waals surface area contributed by atoms with Crippen molar-refractivity contribution in [2.24, 2.45) is 5.41 Å². The van der Waals surface area contributed by atoms with Crippen LogP contribution in [0.3, 0.4) is 0 Å². The molecule has 0 bridgehead atoms. The van der Waals surface area contributed by atoms with Crippen molar-refractivity contribution in [1.29, 1.82) is 0 Å². The van der Waals surface area contributed by atoms with Crippen LogP contribution in [0, 0.1) is 12.3 Å². The van der Waals surface area contributed by atoms with Crippen LogP contribution in [0.2, 0.25) is 5.02 Å². The van der Waals surface area contributed by atoms with E-state index < -0.39 is 6.10 Å². The molecule has 78 valence electrons. The minimum Gasteiger partial charge on any atom is -0.388 e. The second-order valence-electron chi connectivity index (χ2n) is 4.77. The second kappa shape index (κ2) is 3.92. The van der Waals surface area contributed by atoms with E-state index in [9.17, 15) is 5.11 Å². The molecule has 1 rings (SSSR count). The monoisotopic (exact) mass is 212 g/mol. The first-order chi connectivity index (χ1) is 6.32. The Morgan fingerprint density at radius 3 is 2.36 bits per heavy atom. The fourth-order valence-corrected chi connectivity index (χ4v) is 1.55. The molecule has 1 nitrogen and oxygen atoms in total.